The van der Waals surface area contributed by atoms with Crippen molar-refractivity contribution < 1.29 is 17.5 Å². The van der Waals surface area contributed by atoms with E-state index >= 15 is 0 Å². The van der Waals surface area contributed by atoms with Gasteiger partial charge in [0.05, 0.1) is 17.8 Å². The molecule has 0 spiro atoms. The third kappa shape index (κ3) is 3.66. The van der Waals surface area contributed by atoms with Crippen LogP contribution in [0.2, 0.25) is 5.02 Å². The molecule has 4 nitrogen and oxygen atoms in total. The Labute approximate surface area is 135 Å². The second kappa shape index (κ2) is 6.21. The molecule has 0 fully saturated rings. The Morgan fingerprint density at radius 3 is 2.57 bits per heavy atom. The van der Waals surface area contributed by atoms with E-state index < -0.39 is 15.8 Å². The summed E-state index contributed by atoms with van der Waals surface area (Å²) in [5.74, 6) is -0.224. The molecule has 21 heavy (non-hydrogen) atoms. The van der Waals surface area contributed by atoms with Crippen molar-refractivity contribution >= 4 is 43.2 Å². The molecule has 0 aliphatic rings. The molecular formula is C13H10BrClFNO3S. The Hall–Kier alpha value is -1.31. The van der Waals surface area contributed by atoms with Gasteiger partial charge in [0.1, 0.15) is 16.5 Å². The van der Waals surface area contributed by atoms with Gasteiger partial charge in [0.15, 0.2) is 0 Å². The number of anilines is 1. The number of benzene rings is 2. The van der Waals surface area contributed by atoms with Crippen LogP contribution in [-0.4, -0.2) is 15.5 Å². The number of nitrogens with one attached hydrogen (secondary N) is 1. The van der Waals surface area contributed by atoms with Crippen molar-refractivity contribution in [3.63, 3.8) is 0 Å². The molecular weight excluding hydrogens is 385 g/mol. The van der Waals surface area contributed by atoms with Crippen LogP contribution in [0.1, 0.15) is 0 Å². The number of methoxy groups -OCH3 is 1. The van der Waals surface area contributed by atoms with Gasteiger partial charge in [-0.3, -0.25) is 4.72 Å². The van der Waals surface area contributed by atoms with Gasteiger partial charge >= 0.3 is 0 Å². The van der Waals surface area contributed by atoms with Gasteiger partial charge in [0.25, 0.3) is 10.0 Å². The highest BCUT2D eigenvalue weighted by Gasteiger charge is 2.19. The van der Waals surface area contributed by atoms with Crippen LogP contribution >= 0.6 is 27.5 Å². The van der Waals surface area contributed by atoms with Crippen molar-refractivity contribution in [2.75, 3.05) is 11.8 Å². The fourth-order valence-corrected chi connectivity index (χ4v) is 3.80. The van der Waals surface area contributed by atoms with Crippen LogP contribution < -0.4 is 9.46 Å². The van der Waals surface area contributed by atoms with Gasteiger partial charge in [-0.05, 0) is 46.3 Å². The van der Waals surface area contributed by atoms with Crippen LogP contribution in [0, 0.1) is 5.82 Å². The quantitative estimate of drug-likeness (QED) is 0.851. The Morgan fingerprint density at radius 2 is 1.95 bits per heavy atom. The van der Waals surface area contributed by atoms with Gasteiger partial charge in [-0.2, -0.15) is 0 Å². The first-order valence-corrected chi connectivity index (χ1v) is 8.30. The lowest BCUT2D eigenvalue weighted by Gasteiger charge is -2.11. The summed E-state index contributed by atoms with van der Waals surface area (Å²) in [5, 5.41) is -0.167. The maximum Gasteiger partial charge on any atom is 0.263 e. The molecule has 2 rings (SSSR count). The van der Waals surface area contributed by atoms with E-state index in [1.54, 1.807) is 12.1 Å². The summed E-state index contributed by atoms with van der Waals surface area (Å²) < 4.78 is 45.5. The van der Waals surface area contributed by atoms with Gasteiger partial charge in [0.2, 0.25) is 0 Å². The minimum atomic E-state index is -3.86. The molecule has 0 aliphatic heterocycles. The highest BCUT2D eigenvalue weighted by Crippen LogP contribution is 2.29. The van der Waals surface area contributed by atoms with Crippen LogP contribution in [0.4, 0.5) is 10.1 Å². The molecule has 0 radical (unpaired) electrons. The molecule has 2 aromatic carbocycles. The molecule has 1 N–H and O–H groups in total. The number of hydrogen-bond acceptors (Lipinski definition) is 3. The van der Waals surface area contributed by atoms with Crippen LogP contribution in [0.15, 0.2) is 45.8 Å². The first-order valence-electron chi connectivity index (χ1n) is 5.65. The smallest absolute Gasteiger partial charge is 0.263 e. The lowest BCUT2D eigenvalue weighted by molar-refractivity contribution is 0.413. The number of rotatable bonds is 4. The van der Waals surface area contributed by atoms with Gasteiger partial charge in [-0.15, -0.1) is 0 Å². The van der Waals surface area contributed by atoms with E-state index in [-0.39, 0.29) is 15.6 Å². The zero-order valence-electron chi connectivity index (χ0n) is 10.7. The van der Waals surface area contributed by atoms with Crippen molar-refractivity contribution in [1.29, 1.82) is 0 Å². The second-order valence-corrected chi connectivity index (χ2v) is 6.94. The van der Waals surface area contributed by atoms with Crippen molar-refractivity contribution in [1.82, 2.24) is 0 Å². The molecule has 0 aliphatic carbocycles. The fourth-order valence-electron chi connectivity index (χ4n) is 1.59. The lowest BCUT2D eigenvalue weighted by Crippen LogP contribution is -2.13. The SMILES string of the molecule is COc1ccc(Br)c(S(=O)(=O)Nc2ccc(F)c(Cl)c2)c1. The van der Waals surface area contributed by atoms with Gasteiger partial charge in [-0.25, -0.2) is 12.8 Å². The third-order valence-corrected chi connectivity index (χ3v) is 5.26. The molecule has 0 atom stereocenters. The first kappa shape index (κ1) is 16.1. The van der Waals surface area contributed by atoms with E-state index in [9.17, 15) is 12.8 Å². The minimum absolute atomic E-state index is 0.00213. The Bertz CT molecular complexity index is 783. The second-order valence-electron chi connectivity index (χ2n) is 4.03. The molecule has 0 heterocycles. The van der Waals surface area contributed by atoms with Crippen molar-refractivity contribution in [2.45, 2.75) is 4.90 Å². The van der Waals surface area contributed by atoms with E-state index in [0.717, 1.165) is 6.07 Å². The molecule has 0 unspecified atom stereocenters. The highest BCUT2D eigenvalue weighted by molar-refractivity contribution is 9.10. The average molecular weight is 395 g/mol. The summed E-state index contributed by atoms with van der Waals surface area (Å²) in [5.41, 5.74) is 0.163. The zero-order chi connectivity index (χ0) is 15.6. The van der Waals surface area contributed by atoms with Crippen LogP contribution in [-0.2, 0) is 10.0 Å². The van der Waals surface area contributed by atoms with Crippen LogP contribution in [0.25, 0.3) is 0 Å². The summed E-state index contributed by atoms with van der Waals surface area (Å²) in [6, 6.07) is 8.12. The Morgan fingerprint density at radius 1 is 1.24 bits per heavy atom. The van der Waals surface area contributed by atoms with Gasteiger partial charge in [0, 0.05) is 10.5 Å². The van der Waals surface area contributed by atoms with Crippen molar-refractivity contribution in [2.24, 2.45) is 0 Å². The molecule has 112 valence electrons. The van der Waals surface area contributed by atoms with E-state index in [1.165, 1.54) is 25.3 Å². The summed E-state index contributed by atoms with van der Waals surface area (Å²) in [4.78, 5) is 0.00213. The minimum Gasteiger partial charge on any atom is -0.497 e. The summed E-state index contributed by atoms with van der Waals surface area (Å²) in [7, 11) is -2.43. The number of ether oxygens (including phenoxy) is 1. The summed E-state index contributed by atoms with van der Waals surface area (Å²) >= 11 is 8.80. The van der Waals surface area contributed by atoms with Crippen LogP contribution in [0.5, 0.6) is 5.75 Å². The number of sulfonamides is 1. The maximum atomic E-state index is 13.1. The topological polar surface area (TPSA) is 55.4 Å². The van der Waals surface area contributed by atoms with Crippen LogP contribution in [0.3, 0.4) is 0 Å². The number of hydrogen-bond donors (Lipinski definition) is 1. The molecule has 0 saturated heterocycles. The van der Waals surface area contributed by atoms with Crippen molar-refractivity contribution in [3.05, 3.63) is 51.7 Å². The van der Waals surface area contributed by atoms with E-state index in [4.69, 9.17) is 16.3 Å². The van der Waals surface area contributed by atoms with E-state index in [2.05, 4.69) is 20.7 Å². The molecule has 2 aromatic rings. The van der Waals surface area contributed by atoms with Gasteiger partial charge in [-0.1, -0.05) is 11.6 Å². The predicted octanol–water partition coefficient (Wildman–Crippen LogP) is 4.05. The Kier molecular flexibility index (Phi) is 4.75. The highest BCUT2D eigenvalue weighted by atomic mass is 79.9. The first-order chi connectivity index (χ1) is 9.83. The largest absolute Gasteiger partial charge is 0.497 e. The van der Waals surface area contributed by atoms with E-state index in [0.29, 0.717) is 10.2 Å². The monoisotopic (exact) mass is 393 g/mol. The molecule has 0 aromatic heterocycles. The normalized spacial score (nSPS) is 11.2. The zero-order valence-corrected chi connectivity index (χ0v) is 13.9. The van der Waals surface area contributed by atoms with Crippen molar-refractivity contribution in [3.8, 4) is 5.75 Å². The third-order valence-electron chi connectivity index (χ3n) is 2.60. The molecule has 0 bridgehead atoms. The molecule has 8 heteroatoms. The summed E-state index contributed by atoms with van der Waals surface area (Å²) in [6.07, 6.45) is 0. The lowest BCUT2D eigenvalue weighted by atomic mass is 10.3. The summed E-state index contributed by atoms with van der Waals surface area (Å²) in [6.45, 7) is 0. The number of halogens is 3. The average Bonchev–Trinajstić information content (AvgIpc) is 2.43. The Balaban J connectivity index is 2.40. The molecule has 0 amide bonds. The fraction of sp³-hybridized carbons (Fsp3) is 0.0769. The standard InChI is InChI=1S/C13H10BrClFNO3S/c1-20-9-3-4-10(14)13(7-9)21(18,19)17-8-2-5-12(16)11(15)6-8/h2-7,17H,1H3. The predicted molar refractivity (Wildman–Crippen MR) is 82.9 cm³/mol. The maximum absolute atomic E-state index is 13.1. The van der Waals surface area contributed by atoms with Gasteiger partial charge < -0.3 is 4.74 Å². The van der Waals surface area contributed by atoms with E-state index in [1.807, 2.05) is 0 Å². The molecule has 0 saturated carbocycles.